The predicted octanol–water partition coefficient (Wildman–Crippen LogP) is 3.06. The highest BCUT2D eigenvalue weighted by molar-refractivity contribution is 5.86. The predicted molar refractivity (Wildman–Crippen MR) is 136 cm³/mol. The van der Waals surface area contributed by atoms with Crippen molar-refractivity contribution >= 4 is 11.9 Å². The maximum Gasteiger partial charge on any atom is 0.315 e. The van der Waals surface area contributed by atoms with Gasteiger partial charge in [0.2, 0.25) is 5.91 Å². The van der Waals surface area contributed by atoms with Gasteiger partial charge in [-0.15, -0.1) is 0 Å². The molecule has 0 spiro atoms. The van der Waals surface area contributed by atoms with Crippen LogP contribution in [0.25, 0.3) is 0 Å². The number of ether oxygens (including phenoxy) is 3. The third kappa shape index (κ3) is 3.79. The highest BCUT2D eigenvalue weighted by Gasteiger charge is 2.68. The molecule has 1 aromatic rings. The standard InChI is InChI=1S/C29H37NO7/c1-16-11-21-24(31)27(3,26(33)37-21)22(16)23(28-9-6-10-29(34,15-28)17(2)13-28)25(32)30-14-18-7-8-19(35-4)12-20(18)36-5/h7-8,11-12,21-24,31,34H,2,6,9-10,13-15H2,1,3-5H3,(H,30,32)/t21-,22?,23-,24+,27+,28+,29+/m1/s1. The molecule has 0 radical (unpaired) electrons. The van der Waals surface area contributed by atoms with Gasteiger partial charge in [-0.05, 0) is 75.1 Å². The molecular formula is C29H37NO7. The Morgan fingerprint density at radius 1 is 1.30 bits per heavy atom. The Hall–Kier alpha value is -2.84. The minimum atomic E-state index is -1.27. The fourth-order valence-electron chi connectivity index (χ4n) is 7.64. The Kier molecular flexibility index (Phi) is 6.19. The third-order valence-electron chi connectivity index (χ3n) is 9.53. The van der Waals surface area contributed by atoms with Crippen LogP contribution in [0, 0.1) is 22.7 Å². The number of carbonyl (C=O) groups excluding carboxylic acids is 2. The number of nitrogens with one attached hydrogen (secondary N) is 1. The summed E-state index contributed by atoms with van der Waals surface area (Å²) >= 11 is 0. The molecular weight excluding hydrogens is 474 g/mol. The molecule has 200 valence electrons. The van der Waals surface area contributed by atoms with E-state index in [4.69, 9.17) is 14.2 Å². The van der Waals surface area contributed by atoms with Crippen molar-refractivity contribution in [3.63, 3.8) is 0 Å². The van der Waals surface area contributed by atoms with E-state index in [-0.39, 0.29) is 12.5 Å². The van der Waals surface area contributed by atoms with Gasteiger partial charge >= 0.3 is 5.97 Å². The van der Waals surface area contributed by atoms with Crippen LogP contribution in [0.2, 0.25) is 0 Å². The molecule has 4 bridgehead atoms. The van der Waals surface area contributed by atoms with Gasteiger partial charge in [0.15, 0.2) is 0 Å². The smallest absolute Gasteiger partial charge is 0.315 e. The third-order valence-corrected chi connectivity index (χ3v) is 9.53. The number of benzene rings is 1. The molecule has 7 atom stereocenters. The first-order valence-electron chi connectivity index (χ1n) is 13.0. The molecule has 4 aliphatic rings. The normalized spacial score (nSPS) is 37.0. The van der Waals surface area contributed by atoms with Crippen LogP contribution < -0.4 is 14.8 Å². The summed E-state index contributed by atoms with van der Waals surface area (Å²) in [5, 5.41) is 25.6. The lowest BCUT2D eigenvalue weighted by Gasteiger charge is -2.49. The van der Waals surface area contributed by atoms with E-state index < -0.39 is 46.4 Å². The van der Waals surface area contributed by atoms with Gasteiger partial charge in [-0.1, -0.05) is 12.2 Å². The molecule has 3 aliphatic carbocycles. The van der Waals surface area contributed by atoms with E-state index in [0.29, 0.717) is 30.8 Å². The summed E-state index contributed by atoms with van der Waals surface area (Å²) in [5.41, 5.74) is -0.484. The van der Waals surface area contributed by atoms with Crippen molar-refractivity contribution in [3.05, 3.63) is 47.6 Å². The average molecular weight is 512 g/mol. The summed E-state index contributed by atoms with van der Waals surface area (Å²) in [5.74, 6) is -0.730. The minimum Gasteiger partial charge on any atom is -0.497 e. The fraction of sp³-hybridized carbons (Fsp3) is 0.586. The van der Waals surface area contributed by atoms with E-state index in [1.807, 2.05) is 19.1 Å². The van der Waals surface area contributed by atoms with Crippen LogP contribution in [0.1, 0.15) is 51.5 Å². The first kappa shape index (κ1) is 25.8. The highest BCUT2D eigenvalue weighted by Crippen LogP contribution is 2.64. The molecule has 1 saturated heterocycles. The van der Waals surface area contributed by atoms with E-state index >= 15 is 0 Å². The van der Waals surface area contributed by atoms with Gasteiger partial charge in [-0.2, -0.15) is 0 Å². The van der Waals surface area contributed by atoms with Crippen LogP contribution in [0.3, 0.4) is 0 Å². The molecule has 1 aliphatic heterocycles. The SMILES string of the molecule is C=C1C[C@@]2([C@@H](C(=O)NCc3ccc(OC)cc3OC)C3C(C)=C[C@H]4OC(=O)[C@]3(C)[C@H]4O)CCC[C@]1(O)C2. The molecule has 5 rings (SSSR count). The zero-order chi connectivity index (χ0) is 26.8. The summed E-state index contributed by atoms with van der Waals surface area (Å²) in [7, 11) is 3.14. The second-order valence-electron chi connectivity index (χ2n) is 11.6. The van der Waals surface area contributed by atoms with Gasteiger partial charge in [0.05, 0.1) is 25.7 Å². The lowest BCUT2D eigenvalue weighted by Crippen LogP contribution is -2.56. The maximum atomic E-state index is 14.3. The lowest BCUT2D eigenvalue weighted by atomic mass is 9.53. The number of carbonyl (C=O) groups is 2. The summed E-state index contributed by atoms with van der Waals surface area (Å²) in [4.78, 5) is 27.4. The largest absolute Gasteiger partial charge is 0.497 e. The van der Waals surface area contributed by atoms with Gasteiger partial charge in [0, 0.05) is 24.1 Å². The van der Waals surface area contributed by atoms with Crippen molar-refractivity contribution < 1.29 is 34.0 Å². The van der Waals surface area contributed by atoms with E-state index in [2.05, 4.69) is 11.9 Å². The average Bonchev–Trinajstić information content (AvgIpc) is 3.14. The number of rotatable bonds is 7. The van der Waals surface area contributed by atoms with Crippen molar-refractivity contribution in [2.24, 2.45) is 22.7 Å². The van der Waals surface area contributed by atoms with Crippen molar-refractivity contribution in [2.75, 3.05) is 14.2 Å². The molecule has 1 amide bonds. The zero-order valence-corrected chi connectivity index (χ0v) is 22.0. The van der Waals surface area contributed by atoms with Gasteiger partial charge in [-0.25, -0.2) is 0 Å². The molecule has 8 heteroatoms. The Labute approximate surface area is 217 Å². The van der Waals surface area contributed by atoms with Crippen molar-refractivity contribution in [1.82, 2.24) is 5.32 Å². The fourth-order valence-corrected chi connectivity index (χ4v) is 7.64. The van der Waals surface area contributed by atoms with Crippen molar-refractivity contribution in [3.8, 4) is 11.5 Å². The van der Waals surface area contributed by atoms with Crippen LogP contribution >= 0.6 is 0 Å². The molecule has 1 heterocycles. The topological polar surface area (TPSA) is 114 Å². The van der Waals surface area contributed by atoms with E-state index in [1.54, 1.807) is 33.3 Å². The Balaban J connectivity index is 1.54. The number of aliphatic hydroxyl groups excluding tert-OH is 1. The van der Waals surface area contributed by atoms with Gasteiger partial charge in [0.1, 0.15) is 29.1 Å². The first-order chi connectivity index (χ1) is 17.5. The lowest BCUT2D eigenvalue weighted by molar-refractivity contribution is -0.154. The number of hydrogen-bond acceptors (Lipinski definition) is 7. The molecule has 3 fully saturated rings. The van der Waals surface area contributed by atoms with Crippen LogP contribution in [-0.4, -0.2) is 54.1 Å². The Morgan fingerprint density at radius 2 is 2.05 bits per heavy atom. The van der Waals surface area contributed by atoms with Gasteiger partial charge in [-0.3, -0.25) is 9.59 Å². The van der Waals surface area contributed by atoms with Crippen LogP contribution in [-0.2, 0) is 20.9 Å². The van der Waals surface area contributed by atoms with Crippen molar-refractivity contribution in [1.29, 1.82) is 0 Å². The van der Waals surface area contributed by atoms with Crippen LogP contribution in [0.15, 0.2) is 42.0 Å². The summed E-state index contributed by atoms with van der Waals surface area (Å²) in [6.07, 6.45) is 3.05. The summed E-state index contributed by atoms with van der Waals surface area (Å²) in [6, 6.07) is 5.42. The monoisotopic (exact) mass is 511 g/mol. The number of hydrogen-bond donors (Lipinski definition) is 3. The summed E-state index contributed by atoms with van der Waals surface area (Å²) < 4.78 is 16.3. The quantitative estimate of drug-likeness (QED) is 0.381. The molecule has 8 nitrogen and oxygen atoms in total. The number of esters is 1. The number of allylic oxidation sites excluding steroid dienone is 1. The maximum absolute atomic E-state index is 14.3. The Bertz CT molecular complexity index is 1180. The summed E-state index contributed by atoms with van der Waals surface area (Å²) in [6.45, 7) is 8.02. The molecule has 0 aromatic heterocycles. The zero-order valence-electron chi connectivity index (χ0n) is 22.0. The second-order valence-corrected chi connectivity index (χ2v) is 11.6. The van der Waals surface area contributed by atoms with Crippen LogP contribution in [0.4, 0.5) is 0 Å². The van der Waals surface area contributed by atoms with E-state index in [1.165, 1.54) is 0 Å². The molecule has 37 heavy (non-hydrogen) atoms. The van der Waals surface area contributed by atoms with E-state index in [9.17, 15) is 19.8 Å². The number of methoxy groups -OCH3 is 2. The second kappa shape index (κ2) is 8.88. The van der Waals surface area contributed by atoms with Crippen LogP contribution in [0.5, 0.6) is 11.5 Å². The molecule has 1 aromatic carbocycles. The Morgan fingerprint density at radius 3 is 2.76 bits per heavy atom. The highest BCUT2D eigenvalue weighted by atomic mass is 16.6. The minimum absolute atomic E-state index is 0.214. The number of aliphatic hydroxyl groups is 2. The number of fused-ring (bicyclic) bond motifs is 4. The molecule has 2 saturated carbocycles. The first-order valence-corrected chi connectivity index (χ1v) is 13.0. The van der Waals surface area contributed by atoms with E-state index in [0.717, 1.165) is 29.6 Å². The van der Waals surface area contributed by atoms with Gasteiger partial charge in [0.25, 0.3) is 0 Å². The molecule has 1 unspecified atom stereocenters. The van der Waals surface area contributed by atoms with Gasteiger partial charge < -0.3 is 29.7 Å². The molecule has 3 N–H and O–H groups in total. The van der Waals surface area contributed by atoms with Crippen molar-refractivity contribution in [2.45, 2.75) is 70.3 Å². The number of amides is 1.